The monoisotopic (exact) mass is 287 g/mol. The highest BCUT2D eigenvalue weighted by atomic mass is 32.2. The van der Waals surface area contributed by atoms with Gasteiger partial charge in [-0.1, -0.05) is 23.9 Å². The molecule has 20 heavy (non-hydrogen) atoms. The zero-order valence-corrected chi connectivity index (χ0v) is 12.4. The van der Waals surface area contributed by atoms with Crippen LogP contribution in [0.5, 0.6) is 11.5 Å². The minimum atomic E-state index is 0.0903. The lowest BCUT2D eigenvalue weighted by Crippen LogP contribution is -2.22. The van der Waals surface area contributed by atoms with E-state index in [0.29, 0.717) is 5.75 Å². The number of anilines is 1. The highest BCUT2D eigenvalue weighted by Gasteiger charge is 2.31. The second-order valence-corrected chi connectivity index (χ2v) is 5.77. The van der Waals surface area contributed by atoms with Gasteiger partial charge in [-0.2, -0.15) is 0 Å². The highest BCUT2D eigenvalue weighted by Crippen LogP contribution is 2.52. The van der Waals surface area contributed by atoms with Crippen LogP contribution >= 0.6 is 11.8 Å². The second kappa shape index (κ2) is 5.29. The molecule has 0 radical (unpaired) electrons. The number of fused-ring (bicyclic) bond motifs is 1. The van der Waals surface area contributed by atoms with Crippen molar-refractivity contribution in [2.75, 3.05) is 18.6 Å². The molecular weight excluding hydrogens is 270 g/mol. The first kappa shape index (κ1) is 13.2. The third-order valence-corrected chi connectivity index (χ3v) is 4.87. The van der Waals surface area contributed by atoms with Crippen LogP contribution in [-0.4, -0.2) is 18.8 Å². The largest absolute Gasteiger partial charge is 0.508 e. The second-order valence-electron chi connectivity index (χ2n) is 4.65. The minimum Gasteiger partial charge on any atom is -0.508 e. The topological polar surface area (TPSA) is 32.7 Å². The number of phenols is 1. The van der Waals surface area contributed by atoms with Crippen LogP contribution in [-0.2, 0) is 0 Å². The number of hydrogen-bond acceptors (Lipinski definition) is 4. The van der Waals surface area contributed by atoms with Crippen molar-refractivity contribution in [3.8, 4) is 11.5 Å². The van der Waals surface area contributed by atoms with Crippen molar-refractivity contribution in [2.24, 2.45) is 0 Å². The van der Waals surface area contributed by atoms with Crippen molar-refractivity contribution in [1.82, 2.24) is 0 Å². The predicted octanol–water partition coefficient (Wildman–Crippen LogP) is 4.03. The van der Waals surface area contributed by atoms with Gasteiger partial charge in [-0.15, -0.1) is 0 Å². The Morgan fingerprint density at radius 1 is 1.25 bits per heavy atom. The lowest BCUT2D eigenvalue weighted by molar-refractivity contribution is 0.410. The molecule has 0 aliphatic carbocycles. The zero-order valence-electron chi connectivity index (χ0n) is 11.5. The van der Waals surface area contributed by atoms with Gasteiger partial charge in [-0.25, -0.2) is 0 Å². The summed E-state index contributed by atoms with van der Waals surface area (Å²) < 4.78 is 5.28. The molecule has 0 bridgehead atoms. The van der Waals surface area contributed by atoms with E-state index >= 15 is 0 Å². The molecule has 0 amide bonds. The Balaban J connectivity index is 2.04. The molecule has 4 heteroatoms. The Hall–Kier alpha value is -1.81. The van der Waals surface area contributed by atoms with Gasteiger partial charge in [-0.05, 0) is 37.3 Å². The number of rotatable bonds is 3. The minimum absolute atomic E-state index is 0.0903. The Morgan fingerprint density at radius 3 is 2.80 bits per heavy atom. The third kappa shape index (κ3) is 2.10. The fourth-order valence-electron chi connectivity index (χ4n) is 2.53. The smallest absolute Gasteiger partial charge is 0.122 e. The molecule has 1 atom stereocenters. The molecular formula is C16H17NO2S. The van der Waals surface area contributed by atoms with E-state index in [4.69, 9.17) is 4.74 Å². The molecule has 3 rings (SSSR count). The van der Waals surface area contributed by atoms with E-state index in [9.17, 15) is 5.11 Å². The van der Waals surface area contributed by atoms with E-state index in [0.717, 1.165) is 17.9 Å². The first-order valence-corrected chi connectivity index (χ1v) is 7.51. The van der Waals surface area contributed by atoms with Gasteiger partial charge in [0.15, 0.2) is 0 Å². The van der Waals surface area contributed by atoms with Gasteiger partial charge >= 0.3 is 0 Å². The van der Waals surface area contributed by atoms with Crippen molar-refractivity contribution in [2.45, 2.75) is 17.2 Å². The Morgan fingerprint density at radius 2 is 2.05 bits per heavy atom. The summed E-state index contributed by atoms with van der Waals surface area (Å²) in [4.78, 5) is 3.55. The SMILES string of the molecule is CCN1c2ccccc2SC1c1cc(OC)ccc1O. The van der Waals surface area contributed by atoms with Crippen LogP contribution in [0.2, 0.25) is 0 Å². The molecule has 1 heterocycles. The van der Waals surface area contributed by atoms with E-state index in [2.05, 4.69) is 30.0 Å². The van der Waals surface area contributed by atoms with Gasteiger partial charge in [0.05, 0.1) is 12.8 Å². The van der Waals surface area contributed by atoms with Crippen LogP contribution in [0.3, 0.4) is 0 Å². The number of ether oxygens (including phenoxy) is 1. The van der Waals surface area contributed by atoms with Crippen LogP contribution in [0.25, 0.3) is 0 Å². The van der Waals surface area contributed by atoms with E-state index in [1.807, 2.05) is 12.1 Å². The average molecular weight is 287 g/mol. The van der Waals surface area contributed by atoms with Crippen LogP contribution in [0.4, 0.5) is 5.69 Å². The zero-order chi connectivity index (χ0) is 14.1. The van der Waals surface area contributed by atoms with E-state index < -0.39 is 0 Å². The summed E-state index contributed by atoms with van der Waals surface area (Å²) >= 11 is 1.77. The average Bonchev–Trinajstić information content (AvgIpc) is 2.86. The molecule has 2 aromatic rings. The molecule has 1 aliphatic heterocycles. The lowest BCUT2D eigenvalue weighted by atomic mass is 10.1. The molecule has 0 spiro atoms. The number of methoxy groups -OCH3 is 1. The molecule has 0 aromatic heterocycles. The number of benzene rings is 2. The molecule has 3 nitrogen and oxygen atoms in total. The van der Waals surface area contributed by atoms with Crippen LogP contribution in [0.15, 0.2) is 47.4 Å². The van der Waals surface area contributed by atoms with Crippen molar-refractivity contribution < 1.29 is 9.84 Å². The number of phenolic OH excluding ortho intramolecular Hbond substituents is 1. The van der Waals surface area contributed by atoms with Gasteiger partial charge < -0.3 is 14.7 Å². The van der Waals surface area contributed by atoms with Gasteiger partial charge in [0.1, 0.15) is 16.9 Å². The maximum absolute atomic E-state index is 10.2. The maximum atomic E-state index is 10.2. The maximum Gasteiger partial charge on any atom is 0.122 e. The van der Waals surface area contributed by atoms with Crippen LogP contribution < -0.4 is 9.64 Å². The first-order valence-electron chi connectivity index (χ1n) is 6.64. The molecule has 1 aliphatic rings. The predicted molar refractivity (Wildman–Crippen MR) is 82.7 cm³/mol. The van der Waals surface area contributed by atoms with Crippen molar-refractivity contribution >= 4 is 17.4 Å². The summed E-state index contributed by atoms with van der Waals surface area (Å²) in [7, 11) is 1.64. The third-order valence-electron chi connectivity index (χ3n) is 3.54. The molecule has 2 aromatic carbocycles. The molecule has 1 N–H and O–H groups in total. The molecule has 1 unspecified atom stereocenters. The standard InChI is InChI=1S/C16H17NO2S/c1-3-17-13-6-4-5-7-15(13)20-16(17)12-10-11(19-2)8-9-14(12)18/h4-10,16,18H,3H2,1-2H3. The number of para-hydroxylation sites is 1. The van der Waals surface area contributed by atoms with Crippen molar-refractivity contribution in [3.05, 3.63) is 48.0 Å². The number of nitrogens with zero attached hydrogens (tertiary/aromatic N) is 1. The van der Waals surface area contributed by atoms with Gasteiger partial charge in [0, 0.05) is 17.0 Å². The van der Waals surface area contributed by atoms with E-state index in [-0.39, 0.29) is 5.37 Å². The molecule has 0 saturated heterocycles. The summed E-state index contributed by atoms with van der Waals surface area (Å²) in [5.41, 5.74) is 2.12. The van der Waals surface area contributed by atoms with E-state index in [1.165, 1.54) is 10.6 Å². The number of hydrogen-bond donors (Lipinski definition) is 1. The fraction of sp³-hybridized carbons (Fsp3) is 0.250. The normalized spacial score (nSPS) is 17.1. The van der Waals surface area contributed by atoms with Gasteiger partial charge in [-0.3, -0.25) is 0 Å². The quantitative estimate of drug-likeness (QED) is 0.924. The summed E-state index contributed by atoms with van der Waals surface area (Å²) in [5.74, 6) is 1.08. The van der Waals surface area contributed by atoms with Crippen LogP contribution in [0, 0.1) is 0 Å². The molecule has 104 valence electrons. The fourth-order valence-corrected chi connectivity index (χ4v) is 3.94. The molecule has 0 saturated carbocycles. The first-order chi connectivity index (χ1) is 9.74. The Bertz CT molecular complexity index is 630. The summed E-state index contributed by atoms with van der Waals surface area (Å²) in [6.07, 6.45) is 0. The van der Waals surface area contributed by atoms with Gasteiger partial charge in [0.2, 0.25) is 0 Å². The van der Waals surface area contributed by atoms with Gasteiger partial charge in [0.25, 0.3) is 0 Å². The molecule has 0 fully saturated rings. The summed E-state index contributed by atoms with van der Waals surface area (Å²) in [5, 5.41) is 10.3. The Labute approximate surface area is 123 Å². The van der Waals surface area contributed by atoms with Crippen molar-refractivity contribution in [3.63, 3.8) is 0 Å². The van der Waals surface area contributed by atoms with Crippen LogP contribution in [0.1, 0.15) is 17.9 Å². The van der Waals surface area contributed by atoms with E-state index in [1.54, 1.807) is 31.0 Å². The summed E-state index contributed by atoms with van der Waals surface area (Å²) in [6, 6.07) is 13.8. The number of aromatic hydroxyl groups is 1. The van der Waals surface area contributed by atoms with Crippen molar-refractivity contribution in [1.29, 1.82) is 0 Å². The highest BCUT2D eigenvalue weighted by molar-refractivity contribution is 8.00. The lowest BCUT2D eigenvalue weighted by Gasteiger charge is -2.26. The summed E-state index contributed by atoms with van der Waals surface area (Å²) in [6.45, 7) is 3.03. The Kier molecular flexibility index (Phi) is 3.49. The number of thioether (sulfide) groups is 1.